The lowest BCUT2D eigenvalue weighted by atomic mass is 9.92. The van der Waals surface area contributed by atoms with E-state index in [1.165, 1.54) is 13.2 Å². The van der Waals surface area contributed by atoms with Crippen molar-refractivity contribution >= 4 is 22.5 Å². The van der Waals surface area contributed by atoms with Crippen molar-refractivity contribution in [3.05, 3.63) is 36.0 Å². The van der Waals surface area contributed by atoms with Crippen LogP contribution in [-0.4, -0.2) is 80.2 Å². The molecule has 6 rings (SSSR count). The topological polar surface area (TPSA) is 81.7 Å². The number of rotatable bonds is 6. The zero-order valence-electron chi connectivity index (χ0n) is 22.3. The molecule has 0 saturated carbocycles. The molecule has 2 atom stereocenters. The lowest BCUT2D eigenvalue weighted by molar-refractivity contribution is -0.142. The number of nitrogens with zero attached hydrogens (tertiary/aromatic N) is 6. The number of methoxy groups -OCH3 is 1. The Kier molecular flexibility index (Phi) is 6.03. The molecule has 2 fully saturated rings. The van der Waals surface area contributed by atoms with E-state index in [4.69, 9.17) is 9.47 Å². The highest BCUT2D eigenvalue weighted by molar-refractivity contribution is 5.90. The van der Waals surface area contributed by atoms with E-state index in [2.05, 4.69) is 32.2 Å². The molecule has 2 saturated heterocycles. The molecule has 38 heavy (non-hydrogen) atoms. The van der Waals surface area contributed by atoms with Crippen LogP contribution in [0.4, 0.5) is 14.7 Å². The van der Waals surface area contributed by atoms with Crippen molar-refractivity contribution in [2.24, 2.45) is 0 Å². The summed E-state index contributed by atoms with van der Waals surface area (Å²) in [6, 6.07) is 4.99. The molecule has 1 N–H and O–H groups in total. The number of likely N-dealkylation sites (tertiary alicyclic amines) is 1. The van der Waals surface area contributed by atoms with E-state index >= 15 is 8.78 Å². The van der Waals surface area contributed by atoms with Gasteiger partial charge >= 0.3 is 0 Å². The maximum atomic E-state index is 15.2. The molecule has 0 spiro atoms. The standard InChI is InChI=1S/C27H33F2N7O2/c1-15(2)36-16(3)30-23-19(28)10-17(11-22(23)36)18-6-9-35-24(18)25(37-5)32-26(33-35)31-21-7-8-34(12-20(21)29)27(4)13-38-14-27/h6,9-11,15,20-21H,7-8,12-14H2,1-5H3,(H,31,33)/t20-,21+/m0/s1. The number of benzene rings is 1. The molecular formula is C27H33F2N7O2. The molecule has 0 bridgehead atoms. The van der Waals surface area contributed by atoms with Crippen LogP contribution >= 0.6 is 0 Å². The number of ether oxygens (including phenoxy) is 2. The Morgan fingerprint density at radius 2 is 2.03 bits per heavy atom. The summed E-state index contributed by atoms with van der Waals surface area (Å²) in [4.78, 5) is 11.2. The first-order valence-corrected chi connectivity index (χ1v) is 13.0. The summed E-state index contributed by atoms with van der Waals surface area (Å²) >= 11 is 0. The minimum atomic E-state index is -1.07. The molecule has 3 aromatic heterocycles. The Morgan fingerprint density at radius 3 is 2.68 bits per heavy atom. The average Bonchev–Trinajstić information content (AvgIpc) is 3.44. The molecule has 5 heterocycles. The van der Waals surface area contributed by atoms with Crippen molar-refractivity contribution in [3.63, 3.8) is 0 Å². The lowest BCUT2D eigenvalue weighted by Gasteiger charge is -2.50. The first kappa shape index (κ1) is 25.0. The van der Waals surface area contributed by atoms with Crippen molar-refractivity contribution in [1.29, 1.82) is 0 Å². The Hall–Kier alpha value is -3.31. The number of anilines is 1. The van der Waals surface area contributed by atoms with Gasteiger partial charge in [-0.05, 0) is 57.9 Å². The predicted octanol–water partition coefficient (Wildman–Crippen LogP) is 4.40. The maximum absolute atomic E-state index is 15.2. The summed E-state index contributed by atoms with van der Waals surface area (Å²) in [7, 11) is 1.53. The fraction of sp³-hybridized carbons (Fsp3) is 0.519. The molecule has 202 valence electrons. The second-order valence-corrected chi connectivity index (χ2v) is 10.9. The fourth-order valence-corrected chi connectivity index (χ4v) is 5.81. The van der Waals surface area contributed by atoms with Crippen LogP contribution in [0.1, 0.15) is 39.1 Å². The molecule has 0 amide bonds. The molecule has 0 radical (unpaired) electrons. The summed E-state index contributed by atoms with van der Waals surface area (Å²) in [6.45, 7) is 10.5. The van der Waals surface area contributed by atoms with Crippen LogP contribution in [0.5, 0.6) is 5.88 Å². The Bertz CT molecular complexity index is 1510. The minimum absolute atomic E-state index is 0.0798. The monoisotopic (exact) mass is 525 g/mol. The lowest BCUT2D eigenvalue weighted by Crippen LogP contribution is -2.64. The van der Waals surface area contributed by atoms with E-state index < -0.39 is 12.2 Å². The fourth-order valence-electron chi connectivity index (χ4n) is 5.81. The first-order valence-electron chi connectivity index (χ1n) is 13.0. The number of alkyl halides is 1. The SMILES string of the molecule is COc1nc(N[C@@H]2CCN(C3(C)COC3)C[C@@H]2F)nn2ccc(-c3cc(F)c4nc(C)n(C(C)C)c4c3)c12. The van der Waals surface area contributed by atoms with Gasteiger partial charge in [0.2, 0.25) is 11.8 Å². The second kappa shape index (κ2) is 9.16. The minimum Gasteiger partial charge on any atom is -0.479 e. The number of piperidine rings is 1. The highest BCUT2D eigenvalue weighted by Crippen LogP contribution is 2.35. The first-order chi connectivity index (χ1) is 18.2. The van der Waals surface area contributed by atoms with Gasteiger partial charge in [-0.25, -0.2) is 18.3 Å². The van der Waals surface area contributed by atoms with Gasteiger partial charge in [-0.3, -0.25) is 4.90 Å². The van der Waals surface area contributed by atoms with Crippen molar-refractivity contribution in [2.75, 3.05) is 38.7 Å². The largest absolute Gasteiger partial charge is 0.479 e. The van der Waals surface area contributed by atoms with Crippen LogP contribution in [0.2, 0.25) is 0 Å². The molecular weight excluding hydrogens is 492 g/mol. The van der Waals surface area contributed by atoms with Crippen molar-refractivity contribution in [2.45, 2.75) is 57.9 Å². The number of aryl methyl sites for hydroxylation is 1. The van der Waals surface area contributed by atoms with E-state index in [-0.39, 0.29) is 23.3 Å². The van der Waals surface area contributed by atoms with Crippen LogP contribution in [-0.2, 0) is 4.74 Å². The molecule has 0 unspecified atom stereocenters. The summed E-state index contributed by atoms with van der Waals surface area (Å²) in [6.07, 6.45) is 1.33. The molecule has 2 aliphatic heterocycles. The van der Waals surface area contributed by atoms with Crippen LogP contribution in [0.3, 0.4) is 0 Å². The van der Waals surface area contributed by atoms with E-state index in [0.717, 1.165) is 23.4 Å². The van der Waals surface area contributed by atoms with E-state index in [1.54, 1.807) is 10.7 Å². The third-order valence-electron chi connectivity index (χ3n) is 7.87. The number of hydrogen-bond donors (Lipinski definition) is 1. The number of aromatic nitrogens is 5. The predicted molar refractivity (Wildman–Crippen MR) is 141 cm³/mol. The zero-order chi connectivity index (χ0) is 26.8. The number of hydrogen-bond acceptors (Lipinski definition) is 7. The highest BCUT2D eigenvalue weighted by atomic mass is 19.1. The number of halogens is 2. The molecule has 0 aliphatic carbocycles. The number of imidazole rings is 1. The summed E-state index contributed by atoms with van der Waals surface area (Å²) < 4.78 is 45.0. The Balaban J connectivity index is 1.32. The van der Waals surface area contributed by atoms with Crippen LogP contribution in [0, 0.1) is 12.7 Å². The van der Waals surface area contributed by atoms with Gasteiger partial charge in [0.25, 0.3) is 0 Å². The van der Waals surface area contributed by atoms with Crippen molar-refractivity contribution in [3.8, 4) is 17.0 Å². The summed E-state index contributed by atoms with van der Waals surface area (Å²) in [5.41, 5.74) is 3.01. The van der Waals surface area contributed by atoms with Crippen LogP contribution in [0.15, 0.2) is 24.4 Å². The van der Waals surface area contributed by atoms with Gasteiger partial charge < -0.3 is 19.4 Å². The van der Waals surface area contributed by atoms with Gasteiger partial charge in [0, 0.05) is 30.9 Å². The van der Waals surface area contributed by atoms with Gasteiger partial charge in [-0.1, -0.05) is 0 Å². The summed E-state index contributed by atoms with van der Waals surface area (Å²) in [5.74, 6) is 0.978. The average molecular weight is 526 g/mol. The van der Waals surface area contributed by atoms with Crippen molar-refractivity contribution < 1.29 is 18.3 Å². The van der Waals surface area contributed by atoms with Gasteiger partial charge in [0.15, 0.2) is 5.82 Å². The Morgan fingerprint density at radius 1 is 1.24 bits per heavy atom. The van der Waals surface area contributed by atoms with Crippen LogP contribution < -0.4 is 10.1 Å². The van der Waals surface area contributed by atoms with E-state index in [1.807, 2.05) is 37.5 Å². The zero-order valence-corrected chi connectivity index (χ0v) is 22.3. The van der Waals surface area contributed by atoms with Crippen LogP contribution in [0.25, 0.3) is 27.7 Å². The second-order valence-electron chi connectivity index (χ2n) is 10.9. The third-order valence-corrected chi connectivity index (χ3v) is 7.87. The molecule has 11 heteroatoms. The van der Waals surface area contributed by atoms with E-state index in [9.17, 15) is 0 Å². The summed E-state index contributed by atoms with van der Waals surface area (Å²) in [5, 5.41) is 7.77. The maximum Gasteiger partial charge on any atom is 0.244 e. The van der Waals surface area contributed by atoms with Gasteiger partial charge in [-0.2, -0.15) is 4.98 Å². The number of fused-ring (bicyclic) bond motifs is 2. The molecule has 4 aromatic rings. The molecule has 1 aromatic carbocycles. The van der Waals surface area contributed by atoms with Gasteiger partial charge in [0.05, 0.1) is 37.4 Å². The molecule has 2 aliphatic rings. The van der Waals surface area contributed by atoms with Gasteiger partial charge in [0.1, 0.15) is 23.0 Å². The highest BCUT2D eigenvalue weighted by Gasteiger charge is 2.43. The van der Waals surface area contributed by atoms with Gasteiger partial charge in [-0.15, -0.1) is 5.10 Å². The Labute approximate surface area is 219 Å². The smallest absolute Gasteiger partial charge is 0.244 e. The normalized spacial score (nSPS) is 21.8. The quantitative estimate of drug-likeness (QED) is 0.400. The van der Waals surface area contributed by atoms with Crippen molar-refractivity contribution in [1.82, 2.24) is 29.0 Å². The molecule has 9 nitrogen and oxygen atoms in total. The third kappa shape index (κ3) is 3.99. The van der Waals surface area contributed by atoms with E-state index in [0.29, 0.717) is 48.7 Å². The number of nitrogens with one attached hydrogen (secondary N) is 1.